The minimum Gasteiger partial charge on any atom is -0.0990 e. The molecule has 4 atom stereocenters. The van der Waals surface area contributed by atoms with Crippen LogP contribution in [0.2, 0.25) is 0 Å². The van der Waals surface area contributed by atoms with E-state index in [1.54, 1.807) is 0 Å². The molecule has 0 aliphatic heterocycles. The average Bonchev–Trinajstić information content (AvgIpc) is 3.10. The lowest BCUT2D eigenvalue weighted by molar-refractivity contribution is 0.289. The summed E-state index contributed by atoms with van der Waals surface area (Å²) < 4.78 is 0. The molecule has 4 rings (SSSR count). The number of allylic oxidation sites excluding steroid dienone is 2. The first-order valence-corrected chi connectivity index (χ1v) is 8.63. The molecule has 4 unspecified atom stereocenters. The van der Waals surface area contributed by atoms with E-state index in [1.807, 2.05) is 0 Å². The molecule has 0 heteroatoms. The summed E-state index contributed by atoms with van der Waals surface area (Å²) in [4.78, 5) is 0. The van der Waals surface area contributed by atoms with Crippen molar-refractivity contribution < 1.29 is 0 Å². The third-order valence-electron chi connectivity index (χ3n) is 7.55. The van der Waals surface area contributed by atoms with Gasteiger partial charge in [0.05, 0.1) is 0 Å². The highest BCUT2D eigenvalue weighted by Crippen LogP contribution is 2.58. The van der Waals surface area contributed by atoms with Crippen LogP contribution in [0.25, 0.3) is 0 Å². The van der Waals surface area contributed by atoms with Gasteiger partial charge in [0.2, 0.25) is 0 Å². The van der Waals surface area contributed by atoms with E-state index in [4.69, 9.17) is 0 Å². The van der Waals surface area contributed by atoms with Crippen molar-refractivity contribution in [3.63, 3.8) is 0 Å². The number of hydrogen-bond acceptors (Lipinski definition) is 0. The molecule has 0 aromatic carbocycles. The van der Waals surface area contributed by atoms with Crippen LogP contribution in [0.3, 0.4) is 0 Å². The van der Waals surface area contributed by atoms with E-state index in [1.165, 1.54) is 49.7 Å². The SMILES string of the molecule is C=C1C2CCC(C2)C1(C)C.C=C1C2CCC(C2)C1(C)C. The van der Waals surface area contributed by atoms with Crippen LogP contribution in [0.15, 0.2) is 24.3 Å². The van der Waals surface area contributed by atoms with Gasteiger partial charge in [-0.15, -0.1) is 0 Å². The molecular formula is C20H32. The Morgan fingerprint density at radius 2 is 1.05 bits per heavy atom. The van der Waals surface area contributed by atoms with Crippen molar-refractivity contribution >= 4 is 0 Å². The van der Waals surface area contributed by atoms with E-state index < -0.39 is 0 Å². The third kappa shape index (κ3) is 1.94. The van der Waals surface area contributed by atoms with Crippen molar-refractivity contribution in [2.24, 2.45) is 34.5 Å². The van der Waals surface area contributed by atoms with Gasteiger partial charge in [-0.1, -0.05) is 52.0 Å². The lowest BCUT2D eigenvalue weighted by Crippen LogP contribution is -2.21. The van der Waals surface area contributed by atoms with Gasteiger partial charge in [-0.05, 0) is 73.0 Å². The van der Waals surface area contributed by atoms with Crippen LogP contribution in [0.5, 0.6) is 0 Å². The van der Waals surface area contributed by atoms with Crippen LogP contribution in [0.1, 0.15) is 66.2 Å². The van der Waals surface area contributed by atoms with Gasteiger partial charge in [0, 0.05) is 0 Å². The van der Waals surface area contributed by atoms with Crippen molar-refractivity contribution in [3.8, 4) is 0 Å². The van der Waals surface area contributed by atoms with Crippen LogP contribution in [-0.2, 0) is 0 Å². The summed E-state index contributed by atoms with van der Waals surface area (Å²) >= 11 is 0. The quantitative estimate of drug-likeness (QED) is 0.475. The molecule has 20 heavy (non-hydrogen) atoms. The zero-order valence-electron chi connectivity index (χ0n) is 14.0. The van der Waals surface area contributed by atoms with E-state index in [-0.39, 0.29) is 0 Å². The van der Waals surface area contributed by atoms with E-state index in [9.17, 15) is 0 Å². The Morgan fingerprint density at radius 1 is 0.700 bits per heavy atom. The first-order valence-electron chi connectivity index (χ1n) is 8.63. The highest BCUT2D eigenvalue weighted by atomic mass is 14.5. The van der Waals surface area contributed by atoms with Crippen molar-refractivity contribution in [3.05, 3.63) is 24.3 Å². The molecule has 0 nitrogen and oxygen atoms in total. The molecule has 4 saturated carbocycles. The second-order valence-electron chi connectivity index (χ2n) is 8.91. The van der Waals surface area contributed by atoms with Crippen LogP contribution < -0.4 is 0 Å². The Bertz CT molecular complexity index is 395. The van der Waals surface area contributed by atoms with E-state index in [0.29, 0.717) is 10.8 Å². The highest BCUT2D eigenvalue weighted by molar-refractivity contribution is 5.23. The Balaban J connectivity index is 0.000000121. The van der Waals surface area contributed by atoms with Gasteiger partial charge in [-0.25, -0.2) is 0 Å². The normalized spacial score (nSPS) is 42.8. The third-order valence-corrected chi connectivity index (χ3v) is 7.55. The van der Waals surface area contributed by atoms with Crippen LogP contribution in [0.4, 0.5) is 0 Å². The first-order chi connectivity index (χ1) is 9.24. The summed E-state index contributed by atoms with van der Waals surface area (Å²) in [5, 5.41) is 0. The molecule has 0 aromatic heterocycles. The van der Waals surface area contributed by atoms with Gasteiger partial charge < -0.3 is 0 Å². The monoisotopic (exact) mass is 272 g/mol. The maximum absolute atomic E-state index is 4.19. The molecule has 0 radical (unpaired) electrons. The molecular weight excluding hydrogens is 240 g/mol. The van der Waals surface area contributed by atoms with E-state index >= 15 is 0 Å². The molecule has 4 aliphatic carbocycles. The van der Waals surface area contributed by atoms with Crippen LogP contribution in [-0.4, -0.2) is 0 Å². The zero-order chi connectivity index (χ0) is 14.7. The van der Waals surface area contributed by atoms with Crippen LogP contribution in [0, 0.1) is 34.5 Å². The lowest BCUT2D eigenvalue weighted by atomic mass is 9.73. The standard InChI is InChI=1S/2C10H16/c2*1-7-8-4-5-9(6-8)10(7,2)3/h2*8-9H,1,4-6H2,2-3H3. The smallest absolute Gasteiger partial charge is 0.0116 e. The molecule has 0 N–H and O–H groups in total. The Hall–Kier alpha value is -0.520. The molecule has 112 valence electrons. The molecule has 0 aromatic rings. The van der Waals surface area contributed by atoms with Crippen molar-refractivity contribution in [1.82, 2.24) is 0 Å². The minimum absolute atomic E-state index is 0.475. The average molecular weight is 272 g/mol. The summed E-state index contributed by atoms with van der Waals surface area (Å²) in [5.74, 6) is 3.70. The van der Waals surface area contributed by atoms with Crippen molar-refractivity contribution in [2.45, 2.75) is 66.2 Å². The summed E-state index contributed by atoms with van der Waals surface area (Å²) in [6, 6.07) is 0. The molecule has 0 amide bonds. The molecule has 0 spiro atoms. The van der Waals surface area contributed by atoms with E-state index in [2.05, 4.69) is 40.9 Å². The lowest BCUT2D eigenvalue weighted by Gasteiger charge is -2.31. The highest BCUT2D eigenvalue weighted by Gasteiger charge is 2.48. The maximum Gasteiger partial charge on any atom is -0.0116 e. The predicted octanol–water partition coefficient (Wildman–Crippen LogP) is 6.00. The molecule has 4 bridgehead atoms. The Labute approximate surface area is 125 Å². The Kier molecular flexibility index (Phi) is 3.23. The fourth-order valence-electron chi connectivity index (χ4n) is 5.48. The number of rotatable bonds is 0. The van der Waals surface area contributed by atoms with Crippen molar-refractivity contribution in [1.29, 1.82) is 0 Å². The van der Waals surface area contributed by atoms with E-state index in [0.717, 1.165) is 23.7 Å². The second kappa shape index (κ2) is 4.49. The van der Waals surface area contributed by atoms with Gasteiger partial charge in [-0.3, -0.25) is 0 Å². The second-order valence-corrected chi connectivity index (χ2v) is 8.91. The topological polar surface area (TPSA) is 0 Å². The van der Waals surface area contributed by atoms with Gasteiger partial charge in [-0.2, -0.15) is 0 Å². The number of fused-ring (bicyclic) bond motifs is 4. The number of hydrogen-bond donors (Lipinski definition) is 0. The van der Waals surface area contributed by atoms with Gasteiger partial charge in [0.15, 0.2) is 0 Å². The first kappa shape index (κ1) is 14.4. The van der Waals surface area contributed by atoms with Gasteiger partial charge in [0.1, 0.15) is 0 Å². The minimum atomic E-state index is 0.475. The fraction of sp³-hybridized carbons (Fsp3) is 0.800. The maximum atomic E-state index is 4.19. The van der Waals surface area contributed by atoms with Gasteiger partial charge >= 0.3 is 0 Å². The molecule has 0 heterocycles. The van der Waals surface area contributed by atoms with Gasteiger partial charge in [0.25, 0.3) is 0 Å². The summed E-state index contributed by atoms with van der Waals surface area (Å²) in [6.45, 7) is 17.8. The molecule has 4 aliphatic rings. The fourth-order valence-corrected chi connectivity index (χ4v) is 5.48. The van der Waals surface area contributed by atoms with Crippen LogP contribution >= 0.6 is 0 Å². The predicted molar refractivity (Wildman–Crippen MR) is 87.5 cm³/mol. The van der Waals surface area contributed by atoms with Crippen molar-refractivity contribution in [2.75, 3.05) is 0 Å². The summed E-state index contributed by atoms with van der Waals surface area (Å²) in [6.07, 6.45) is 8.63. The summed E-state index contributed by atoms with van der Waals surface area (Å²) in [7, 11) is 0. The zero-order valence-corrected chi connectivity index (χ0v) is 14.0. The molecule has 0 saturated heterocycles. The Morgan fingerprint density at radius 3 is 1.20 bits per heavy atom. The molecule has 4 fully saturated rings. The largest absolute Gasteiger partial charge is 0.0990 e. The summed E-state index contributed by atoms with van der Waals surface area (Å²) in [5.41, 5.74) is 4.01.